The molecule has 0 unspecified atom stereocenters. The zero-order valence-corrected chi connectivity index (χ0v) is 16.3. The number of aromatic amines is 1. The molecule has 2 heterocycles. The largest absolute Gasteiger partial charge is 0.379 e. The lowest BCUT2D eigenvalue weighted by molar-refractivity contribution is 0.627. The number of nitrogens with one attached hydrogen (secondary N) is 3. The summed E-state index contributed by atoms with van der Waals surface area (Å²) in [6.07, 6.45) is 0. The van der Waals surface area contributed by atoms with Crippen molar-refractivity contribution in [3.8, 4) is 0 Å². The molecule has 0 saturated carbocycles. The highest BCUT2D eigenvalue weighted by molar-refractivity contribution is 6.31. The molecule has 0 aliphatic heterocycles. The van der Waals surface area contributed by atoms with E-state index >= 15 is 0 Å². The fourth-order valence-electron chi connectivity index (χ4n) is 2.87. The van der Waals surface area contributed by atoms with E-state index in [2.05, 4.69) is 25.7 Å². The molecule has 4 aromatic rings. The average Bonchev–Trinajstić information content (AvgIpc) is 3.12. The molecule has 9 heteroatoms. The van der Waals surface area contributed by atoms with E-state index < -0.39 is 0 Å². The Hall–Kier alpha value is -3.39. The number of H-pyrrole nitrogens is 1. The van der Waals surface area contributed by atoms with Crippen LogP contribution in [0.25, 0.3) is 5.78 Å². The number of halogens is 2. The van der Waals surface area contributed by atoms with Gasteiger partial charge in [0, 0.05) is 23.3 Å². The van der Waals surface area contributed by atoms with Crippen LogP contribution in [-0.4, -0.2) is 19.6 Å². The zero-order valence-electron chi connectivity index (χ0n) is 15.5. The molecule has 0 amide bonds. The highest BCUT2D eigenvalue weighted by Crippen LogP contribution is 2.23. The van der Waals surface area contributed by atoms with Gasteiger partial charge >= 0.3 is 0 Å². The van der Waals surface area contributed by atoms with Crippen molar-refractivity contribution >= 4 is 29.0 Å². The minimum Gasteiger partial charge on any atom is -0.379 e. The lowest BCUT2D eigenvalue weighted by atomic mass is 10.2. The number of benzene rings is 2. The van der Waals surface area contributed by atoms with Crippen molar-refractivity contribution in [2.24, 2.45) is 0 Å². The molecular weight excluding hydrogens is 395 g/mol. The summed E-state index contributed by atoms with van der Waals surface area (Å²) in [4.78, 5) is 21.1. The van der Waals surface area contributed by atoms with Crippen LogP contribution in [0.15, 0.2) is 53.3 Å². The van der Waals surface area contributed by atoms with Crippen molar-refractivity contribution in [1.29, 1.82) is 0 Å². The van der Waals surface area contributed by atoms with Gasteiger partial charge < -0.3 is 10.6 Å². The first-order chi connectivity index (χ1) is 14.0. The molecule has 2 aromatic carbocycles. The lowest BCUT2D eigenvalue weighted by Crippen LogP contribution is -2.17. The fourth-order valence-corrected chi connectivity index (χ4v) is 3.04. The van der Waals surface area contributed by atoms with Crippen LogP contribution in [0.3, 0.4) is 0 Å². The smallest absolute Gasteiger partial charge is 0.274 e. The first-order valence-corrected chi connectivity index (χ1v) is 9.33. The monoisotopic (exact) mass is 412 g/mol. The van der Waals surface area contributed by atoms with E-state index in [-0.39, 0.29) is 17.2 Å². The Morgan fingerprint density at radius 3 is 2.69 bits per heavy atom. The van der Waals surface area contributed by atoms with Crippen molar-refractivity contribution in [3.05, 3.63) is 86.5 Å². The molecule has 4 rings (SSSR count). The maximum atomic E-state index is 13.0. The number of rotatable bonds is 6. The topological polar surface area (TPSA) is 87.1 Å². The standard InChI is InChI=1S/C20H18ClFN6O/c1-12-16(21)3-2-4-17(12)23-11-15-9-18(29)28-20(25-15)26-19(27-28)24-10-13-5-7-14(22)8-6-13/h2-9,23H,10-11H2,1H3,(H2,24,25,26,27). The van der Waals surface area contributed by atoms with Crippen LogP contribution in [0.2, 0.25) is 5.02 Å². The number of hydrogen-bond donors (Lipinski definition) is 3. The van der Waals surface area contributed by atoms with Gasteiger partial charge in [-0.1, -0.05) is 29.8 Å². The summed E-state index contributed by atoms with van der Waals surface area (Å²) >= 11 is 6.13. The van der Waals surface area contributed by atoms with Crippen LogP contribution >= 0.6 is 11.6 Å². The molecule has 148 valence electrons. The van der Waals surface area contributed by atoms with Crippen LogP contribution in [-0.2, 0) is 13.1 Å². The van der Waals surface area contributed by atoms with Crippen molar-refractivity contribution in [1.82, 2.24) is 19.6 Å². The van der Waals surface area contributed by atoms with E-state index in [4.69, 9.17) is 11.6 Å². The van der Waals surface area contributed by atoms with E-state index in [1.54, 1.807) is 12.1 Å². The maximum Gasteiger partial charge on any atom is 0.274 e. The Balaban J connectivity index is 1.50. The number of aromatic nitrogens is 4. The molecule has 0 fully saturated rings. The summed E-state index contributed by atoms with van der Waals surface area (Å²) in [5, 5.41) is 9.85. The van der Waals surface area contributed by atoms with Crippen LogP contribution in [0.4, 0.5) is 16.0 Å². The van der Waals surface area contributed by atoms with Gasteiger partial charge in [0.05, 0.1) is 12.2 Å². The SMILES string of the molecule is Cc1c(Cl)cccc1NCc1cc(=O)n2[nH]c(NCc3ccc(F)cc3)nc2n1. The molecule has 0 bridgehead atoms. The van der Waals surface area contributed by atoms with Crippen molar-refractivity contribution in [3.63, 3.8) is 0 Å². The second kappa shape index (κ2) is 7.92. The van der Waals surface area contributed by atoms with Crippen LogP contribution < -0.4 is 16.2 Å². The molecule has 3 N–H and O–H groups in total. The Morgan fingerprint density at radius 1 is 1.10 bits per heavy atom. The molecule has 0 saturated heterocycles. The average molecular weight is 413 g/mol. The molecule has 7 nitrogen and oxygen atoms in total. The van der Waals surface area contributed by atoms with E-state index in [1.165, 1.54) is 22.7 Å². The molecule has 29 heavy (non-hydrogen) atoms. The summed E-state index contributed by atoms with van der Waals surface area (Å²) in [7, 11) is 0. The quantitative estimate of drug-likeness (QED) is 0.449. The van der Waals surface area contributed by atoms with Gasteiger partial charge in [-0.15, -0.1) is 0 Å². The predicted octanol–water partition coefficient (Wildman–Crippen LogP) is 3.74. The third-order valence-electron chi connectivity index (χ3n) is 4.48. The zero-order chi connectivity index (χ0) is 20.4. The van der Waals surface area contributed by atoms with Crippen LogP contribution in [0, 0.1) is 12.7 Å². The van der Waals surface area contributed by atoms with Gasteiger partial charge in [0.25, 0.3) is 11.3 Å². The van der Waals surface area contributed by atoms with Gasteiger partial charge in [-0.3, -0.25) is 9.89 Å². The summed E-state index contributed by atoms with van der Waals surface area (Å²) in [5.41, 5.74) is 2.99. The molecule has 0 spiro atoms. The summed E-state index contributed by atoms with van der Waals surface area (Å²) < 4.78 is 14.3. The normalized spacial score (nSPS) is 11.0. The maximum absolute atomic E-state index is 13.0. The third kappa shape index (κ3) is 4.22. The number of fused-ring (bicyclic) bond motifs is 1. The Labute approximate surface area is 170 Å². The van der Waals surface area contributed by atoms with E-state index in [0.29, 0.717) is 29.8 Å². The Morgan fingerprint density at radius 2 is 1.90 bits per heavy atom. The second-order valence-electron chi connectivity index (χ2n) is 6.54. The van der Waals surface area contributed by atoms with Gasteiger partial charge in [-0.2, -0.15) is 9.50 Å². The second-order valence-corrected chi connectivity index (χ2v) is 6.95. The summed E-state index contributed by atoms with van der Waals surface area (Å²) in [6.45, 7) is 2.71. The summed E-state index contributed by atoms with van der Waals surface area (Å²) in [6, 6.07) is 13.2. The third-order valence-corrected chi connectivity index (χ3v) is 4.89. The van der Waals surface area contributed by atoms with Gasteiger partial charge in [0.15, 0.2) is 0 Å². The molecule has 0 aliphatic carbocycles. The van der Waals surface area contributed by atoms with Crippen molar-refractivity contribution < 1.29 is 4.39 Å². The fraction of sp³-hybridized carbons (Fsp3) is 0.150. The minimum absolute atomic E-state index is 0.263. The Bertz CT molecular complexity index is 1220. The van der Waals surface area contributed by atoms with E-state index in [0.717, 1.165) is 16.8 Å². The van der Waals surface area contributed by atoms with Crippen LogP contribution in [0.5, 0.6) is 0 Å². The highest BCUT2D eigenvalue weighted by atomic mass is 35.5. The van der Waals surface area contributed by atoms with Gasteiger partial charge in [0.1, 0.15) is 5.82 Å². The first kappa shape index (κ1) is 18.9. The predicted molar refractivity (Wildman–Crippen MR) is 111 cm³/mol. The molecule has 0 aliphatic rings. The Kier molecular flexibility index (Phi) is 5.18. The number of nitrogens with zero attached hydrogens (tertiary/aromatic N) is 3. The summed E-state index contributed by atoms with van der Waals surface area (Å²) in [5.74, 6) is 0.371. The van der Waals surface area contributed by atoms with Crippen molar-refractivity contribution in [2.45, 2.75) is 20.0 Å². The van der Waals surface area contributed by atoms with Gasteiger partial charge in [-0.05, 0) is 42.3 Å². The van der Waals surface area contributed by atoms with E-state index in [1.807, 2.05) is 25.1 Å². The van der Waals surface area contributed by atoms with Crippen molar-refractivity contribution in [2.75, 3.05) is 10.6 Å². The van der Waals surface area contributed by atoms with Crippen LogP contribution in [0.1, 0.15) is 16.8 Å². The molecule has 0 radical (unpaired) electrons. The number of anilines is 2. The molecular formula is C20H18ClFN6O. The van der Waals surface area contributed by atoms with Gasteiger partial charge in [0.2, 0.25) is 5.95 Å². The van der Waals surface area contributed by atoms with E-state index in [9.17, 15) is 9.18 Å². The first-order valence-electron chi connectivity index (χ1n) is 8.95. The molecule has 2 aromatic heterocycles. The van der Waals surface area contributed by atoms with Gasteiger partial charge in [-0.25, -0.2) is 9.37 Å². The lowest BCUT2D eigenvalue weighted by Gasteiger charge is -2.10. The molecule has 0 atom stereocenters. The minimum atomic E-state index is -0.289. The highest BCUT2D eigenvalue weighted by Gasteiger charge is 2.09. The number of hydrogen-bond acceptors (Lipinski definition) is 5.